The van der Waals surface area contributed by atoms with Crippen LogP contribution in [0.25, 0.3) is 27.2 Å². The van der Waals surface area contributed by atoms with E-state index in [-0.39, 0.29) is 11.5 Å². The minimum atomic E-state index is -0.571. The van der Waals surface area contributed by atoms with Gasteiger partial charge in [0.05, 0.1) is 17.8 Å². The molecule has 1 fully saturated rings. The highest BCUT2D eigenvalue weighted by molar-refractivity contribution is 5.93. The van der Waals surface area contributed by atoms with Crippen molar-refractivity contribution in [3.8, 4) is 28.5 Å². The number of benzene rings is 1. The highest BCUT2D eigenvalue weighted by Gasteiger charge is 2.24. The zero-order valence-corrected chi connectivity index (χ0v) is 16.3. The molecule has 1 aliphatic heterocycles. The molecule has 1 aromatic carbocycles. The van der Waals surface area contributed by atoms with E-state index in [9.17, 15) is 9.65 Å². The van der Waals surface area contributed by atoms with Gasteiger partial charge >= 0.3 is 0 Å². The number of pyridine rings is 2. The summed E-state index contributed by atoms with van der Waals surface area (Å²) in [4.78, 5) is 14.0. The van der Waals surface area contributed by atoms with E-state index in [1.165, 1.54) is 6.07 Å². The van der Waals surface area contributed by atoms with E-state index in [1.54, 1.807) is 24.3 Å². The highest BCUT2D eigenvalue weighted by Crippen LogP contribution is 2.42. The van der Waals surface area contributed by atoms with Crippen molar-refractivity contribution in [1.29, 1.82) is 5.26 Å². The van der Waals surface area contributed by atoms with Crippen LogP contribution in [0.15, 0.2) is 42.5 Å². The summed E-state index contributed by atoms with van der Waals surface area (Å²) < 4.78 is 13.6. The van der Waals surface area contributed by atoms with Crippen molar-refractivity contribution in [3.63, 3.8) is 0 Å². The Morgan fingerprint density at radius 1 is 1.07 bits per heavy atom. The van der Waals surface area contributed by atoms with Gasteiger partial charge in [-0.15, -0.1) is 0 Å². The summed E-state index contributed by atoms with van der Waals surface area (Å²) >= 11 is 0. The second-order valence-electron chi connectivity index (χ2n) is 7.12. The van der Waals surface area contributed by atoms with Crippen molar-refractivity contribution < 1.29 is 4.39 Å². The van der Waals surface area contributed by atoms with Gasteiger partial charge in [-0.1, -0.05) is 24.3 Å². The maximum absolute atomic E-state index is 13.6. The molecule has 0 radical (unpaired) electrons. The third-order valence-electron chi connectivity index (χ3n) is 5.22. The molecule has 0 spiro atoms. The summed E-state index contributed by atoms with van der Waals surface area (Å²) in [5.74, 6) is 0.0539. The molecular formula is C23H19FN6. The van der Waals surface area contributed by atoms with Crippen molar-refractivity contribution in [1.82, 2.24) is 9.97 Å². The maximum atomic E-state index is 13.6. The van der Waals surface area contributed by atoms with Crippen LogP contribution in [0.5, 0.6) is 0 Å². The van der Waals surface area contributed by atoms with Gasteiger partial charge < -0.3 is 10.6 Å². The molecule has 0 saturated carbocycles. The van der Waals surface area contributed by atoms with Gasteiger partial charge in [0, 0.05) is 24.2 Å². The number of nitrogens with zero attached hydrogens (tertiary/aromatic N) is 5. The Morgan fingerprint density at radius 3 is 2.50 bits per heavy atom. The van der Waals surface area contributed by atoms with E-state index >= 15 is 0 Å². The molecule has 6 nitrogen and oxygen atoms in total. The smallest absolute Gasteiger partial charge is 0.237 e. The summed E-state index contributed by atoms with van der Waals surface area (Å²) in [7, 11) is 0. The summed E-state index contributed by atoms with van der Waals surface area (Å²) in [6.45, 7) is 9.22. The fraction of sp³-hybridized carbons (Fsp3) is 0.217. The van der Waals surface area contributed by atoms with E-state index in [4.69, 9.17) is 12.3 Å². The Labute approximate surface area is 174 Å². The molecular weight excluding hydrogens is 379 g/mol. The first-order chi connectivity index (χ1) is 14.6. The molecule has 3 aromatic rings. The lowest BCUT2D eigenvalue weighted by Gasteiger charge is -2.29. The lowest BCUT2D eigenvalue weighted by Crippen LogP contribution is -2.31. The predicted octanol–water partition coefficient (Wildman–Crippen LogP) is 4.94. The van der Waals surface area contributed by atoms with Crippen molar-refractivity contribution in [2.75, 3.05) is 23.7 Å². The largest absolute Gasteiger partial charge is 0.392 e. The molecule has 30 heavy (non-hydrogen) atoms. The minimum absolute atomic E-state index is 0.105. The van der Waals surface area contributed by atoms with Crippen LogP contribution in [0, 0.1) is 23.9 Å². The Morgan fingerprint density at radius 2 is 1.80 bits per heavy atom. The van der Waals surface area contributed by atoms with Crippen molar-refractivity contribution >= 4 is 17.3 Å². The second-order valence-corrected chi connectivity index (χ2v) is 7.12. The monoisotopic (exact) mass is 398 g/mol. The molecule has 4 rings (SSSR count). The SMILES string of the molecule is [C-]#[N+]c1c(N)nc(N2CCCCC2)c(C#N)c1-c1cccc(-c2cccc(F)n2)c1. The lowest BCUT2D eigenvalue weighted by molar-refractivity contribution is 0.573. The normalized spacial score (nSPS) is 13.5. The zero-order valence-electron chi connectivity index (χ0n) is 16.3. The molecule has 2 aromatic heterocycles. The third-order valence-corrected chi connectivity index (χ3v) is 5.22. The fourth-order valence-electron chi connectivity index (χ4n) is 3.82. The lowest BCUT2D eigenvalue weighted by atomic mass is 9.96. The topological polar surface area (TPSA) is 83.2 Å². The molecule has 3 heterocycles. The predicted molar refractivity (Wildman–Crippen MR) is 114 cm³/mol. The molecule has 148 valence electrons. The van der Waals surface area contributed by atoms with E-state index in [0.29, 0.717) is 33.8 Å². The highest BCUT2D eigenvalue weighted by atomic mass is 19.1. The van der Waals surface area contributed by atoms with Crippen LogP contribution < -0.4 is 10.6 Å². The van der Waals surface area contributed by atoms with Gasteiger partial charge in [-0.25, -0.2) is 14.8 Å². The van der Waals surface area contributed by atoms with E-state index in [0.717, 1.165) is 32.4 Å². The van der Waals surface area contributed by atoms with Gasteiger partial charge in [-0.05, 0) is 43.0 Å². The molecule has 1 aliphatic rings. The number of halogens is 1. The summed E-state index contributed by atoms with van der Waals surface area (Å²) in [5, 5.41) is 10.0. The number of hydrogen-bond acceptors (Lipinski definition) is 5. The van der Waals surface area contributed by atoms with Crippen LogP contribution in [0.3, 0.4) is 0 Å². The Hall–Kier alpha value is -3.97. The van der Waals surface area contributed by atoms with E-state index in [2.05, 4.69) is 25.8 Å². The van der Waals surface area contributed by atoms with Crippen molar-refractivity contribution in [3.05, 3.63) is 65.4 Å². The number of rotatable bonds is 3. The first-order valence-electron chi connectivity index (χ1n) is 9.71. The third kappa shape index (κ3) is 3.54. The molecule has 0 atom stereocenters. The number of nitrogens with two attached hydrogens (primary N) is 1. The number of nitriles is 1. The van der Waals surface area contributed by atoms with Crippen molar-refractivity contribution in [2.45, 2.75) is 19.3 Å². The average molecular weight is 398 g/mol. The van der Waals surface area contributed by atoms with Gasteiger partial charge in [0.2, 0.25) is 11.6 Å². The molecule has 0 bridgehead atoms. The van der Waals surface area contributed by atoms with Gasteiger partial charge in [-0.2, -0.15) is 9.65 Å². The Bertz CT molecular complexity index is 1190. The van der Waals surface area contributed by atoms with Crippen LogP contribution >= 0.6 is 0 Å². The zero-order chi connectivity index (χ0) is 21.1. The minimum Gasteiger partial charge on any atom is -0.392 e. The fourth-order valence-corrected chi connectivity index (χ4v) is 3.82. The first-order valence-corrected chi connectivity index (χ1v) is 9.71. The number of nitrogen functional groups attached to an aromatic ring is 1. The summed E-state index contributed by atoms with van der Waals surface area (Å²) in [6, 6.07) is 14.1. The van der Waals surface area contributed by atoms with Gasteiger partial charge in [-0.3, -0.25) is 0 Å². The Kier molecular flexibility index (Phi) is 5.28. The van der Waals surface area contributed by atoms with Gasteiger partial charge in [0.1, 0.15) is 17.7 Å². The molecule has 0 unspecified atom stereocenters. The maximum Gasteiger partial charge on any atom is 0.237 e. The summed E-state index contributed by atoms with van der Waals surface area (Å²) in [5.41, 5.74) is 8.89. The number of piperidine rings is 1. The van der Waals surface area contributed by atoms with E-state index in [1.807, 2.05) is 12.1 Å². The van der Waals surface area contributed by atoms with Crippen LogP contribution in [0.1, 0.15) is 24.8 Å². The second kappa shape index (κ2) is 8.18. The first kappa shape index (κ1) is 19.4. The standard InChI is InChI=1S/C23H19FN6/c1-27-21-20(16-8-5-7-15(13-16)18-9-6-10-19(24)28-18)17(14-25)23(29-22(21)26)30-11-3-2-4-12-30/h5-10,13H,2-4,11-12H2,(H2,26,29). The number of hydrogen-bond donors (Lipinski definition) is 1. The summed E-state index contributed by atoms with van der Waals surface area (Å²) in [6.07, 6.45) is 3.18. The molecule has 0 amide bonds. The van der Waals surface area contributed by atoms with Gasteiger partial charge in [0.25, 0.3) is 0 Å². The molecule has 1 saturated heterocycles. The molecule has 0 aliphatic carbocycles. The Balaban J connectivity index is 1.92. The quantitative estimate of drug-likeness (QED) is 0.499. The van der Waals surface area contributed by atoms with Crippen LogP contribution in [0.4, 0.5) is 21.7 Å². The average Bonchev–Trinajstić information content (AvgIpc) is 2.79. The van der Waals surface area contributed by atoms with Gasteiger partial charge in [0.15, 0.2) is 0 Å². The van der Waals surface area contributed by atoms with Crippen LogP contribution in [0.2, 0.25) is 0 Å². The van der Waals surface area contributed by atoms with Crippen LogP contribution in [-0.4, -0.2) is 23.1 Å². The van der Waals surface area contributed by atoms with E-state index < -0.39 is 5.95 Å². The van der Waals surface area contributed by atoms with Crippen molar-refractivity contribution in [2.24, 2.45) is 0 Å². The number of anilines is 2. The van der Waals surface area contributed by atoms with Crippen LogP contribution in [-0.2, 0) is 0 Å². The molecule has 7 heteroatoms. The molecule has 2 N–H and O–H groups in total. The number of aromatic nitrogens is 2.